The molecule has 2 N–H and O–H groups in total. The van der Waals surface area contributed by atoms with Crippen LogP contribution in [0, 0.1) is 5.41 Å². The van der Waals surface area contributed by atoms with Crippen LogP contribution in [-0.4, -0.2) is 26.2 Å². The first-order valence-corrected chi connectivity index (χ1v) is 6.35. The smallest absolute Gasteiger partial charge is 0.0183 e. The molecule has 2 heteroatoms. The minimum absolute atomic E-state index is 0.656. The van der Waals surface area contributed by atoms with Gasteiger partial charge in [-0.2, -0.15) is 0 Å². The normalized spacial score (nSPS) is 23.2. The fourth-order valence-corrected chi connectivity index (χ4v) is 2.52. The van der Waals surface area contributed by atoms with Crippen LogP contribution in [0.2, 0.25) is 0 Å². The molecule has 2 fully saturated rings. The van der Waals surface area contributed by atoms with Gasteiger partial charge >= 0.3 is 0 Å². The zero-order valence-corrected chi connectivity index (χ0v) is 10.2. The van der Waals surface area contributed by atoms with E-state index in [-0.39, 0.29) is 0 Å². The van der Waals surface area contributed by atoms with Gasteiger partial charge in [-0.05, 0) is 37.2 Å². The SMILES string of the molecule is CCC1(CNCC(C)=C2CNC2)CCC1. The van der Waals surface area contributed by atoms with E-state index in [0.29, 0.717) is 5.41 Å². The molecule has 0 bridgehead atoms. The standard InChI is InChI=1S/C13H24N2/c1-3-13(5-4-6-13)10-15-7-11(2)12-8-14-9-12/h14-15H,3-10H2,1-2H3. The number of hydrogen-bond donors (Lipinski definition) is 2. The summed E-state index contributed by atoms with van der Waals surface area (Å²) in [5.74, 6) is 0. The van der Waals surface area contributed by atoms with Crippen molar-refractivity contribution in [3.8, 4) is 0 Å². The Labute approximate surface area is 93.5 Å². The van der Waals surface area contributed by atoms with Crippen LogP contribution in [0.5, 0.6) is 0 Å². The van der Waals surface area contributed by atoms with E-state index in [1.54, 1.807) is 11.1 Å². The lowest BCUT2D eigenvalue weighted by atomic mass is 9.67. The number of nitrogens with one attached hydrogen (secondary N) is 2. The first-order chi connectivity index (χ1) is 7.26. The molecule has 0 unspecified atom stereocenters. The summed E-state index contributed by atoms with van der Waals surface area (Å²) in [6.07, 6.45) is 5.66. The summed E-state index contributed by atoms with van der Waals surface area (Å²) in [5, 5.41) is 6.94. The van der Waals surface area contributed by atoms with Crippen molar-refractivity contribution in [2.45, 2.75) is 39.5 Å². The summed E-state index contributed by atoms with van der Waals surface area (Å²) in [6.45, 7) is 9.16. The molecule has 0 aromatic carbocycles. The minimum atomic E-state index is 0.656. The summed E-state index contributed by atoms with van der Waals surface area (Å²) in [7, 11) is 0. The van der Waals surface area contributed by atoms with Crippen molar-refractivity contribution < 1.29 is 0 Å². The van der Waals surface area contributed by atoms with Crippen molar-refractivity contribution in [1.82, 2.24) is 10.6 Å². The molecule has 1 saturated heterocycles. The lowest BCUT2D eigenvalue weighted by molar-refractivity contribution is 0.125. The van der Waals surface area contributed by atoms with Gasteiger partial charge in [0.15, 0.2) is 0 Å². The molecule has 1 aliphatic carbocycles. The Hall–Kier alpha value is -0.340. The molecule has 2 nitrogen and oxygen atoms in total. The van der Waals surface area contributed by atoms with E-state index >= 15 is 0 Å². The van der Waals surface area contributed by atoms with Crippen LogP contribution >= 0.6 is 0 Å². The van der Waals surface area contributed by atoms with E-state index in [2.05, 4.69) is 24.5 Å². The Morgan fingerprint density at radius 3 is 2.53 bits per heavy atom. The summed E-state index contributed by atoms with van der Waals surface area (Å²) >= 11 is 0. The van der Waals surface area contributed by atoms with E-state index in [4.69, 9.17) is 0 Å². The molecule has 1 saturated carbocycles. The van der Waals surface area contributed by atoms with E-state index < -0.39 is 0 Å². The average molecular weight is 208 g/mol. The first kappa shape index (κ1) is 11.2. The fraction of sp³-hybridized carbons (Fsp3) is 0.846. The van der Waals surface area contributed by atoms with Gasteiger partial charge in [0.1, 0.15) is 0 Å². The molecule has 15 heavy (non-hydrogen) atoms. The summed E-state index contributed by atoms with van der Waals surface area (Å²) in [6, 6.07) is 0. The Bertz CT molecular complexity index is 240. The van der Waals surface area contributed by atoms with Gasteiger partial charge in [0.2, 0.25) is 0 Å². The van der Waals surface area contributed by atoms with Gasteiger partial charge in [0.25, 0.3) is 0 Å². The summed E-state index contributed by atoms with van der Waals surface area (Å²) in [4.78, 5) is 0. The van der Waals surface area contributed by atoms with E-state index in [1.165, 1.54) is 32.2 Å². The molecular formula is C13H24N2. The van der Waals surface area contributed by atoms with E-state index in [9.17, 15) is 0 Å². The predicted molar refractivity (Wildman–Crippen MR) is 65.0 cm³/mol. The lowest BCUT2D eigenvalue weighted by Crippen LogP contribution is -2.41. The van der Waals surface area contributed by atoms with Crippen LogP contribution in [0.3, 0.4) is 0 Å². The Morgan fingerprint density at radius 1 is 1.40 bits per heavy atom. The summed E-state index contributed by atoms with van der Waals surface area (Å²) in [5.41, 5.74) is 3.82. The maximum absolute atomic E-state index is 3.64. The first-order valence-electron chi connectivity index (χ1n) is 6.35. The van der Waals surface area contributed by atoms with E-state index in [1.807, 2.05) is 0 Å². The van der Waals surface area contributed by atoms with Gasteiger partial charge in [-0.15, -0.1) is 0 Å². The van der Waals surface area contributed by atoms with Gasteiger partial charge in [0.05, 0.1) is 0 Å². The third-order valence-corrected chi connectivity index (χ3v) is 4.33. The lowest BCUT2D eigenvalue weighted by Gasteiger charge is -2.41. The topological polar surface area (TPSA) is 24.1 Å². The highest BCUT2D eigenvalue weighted by molar-refractivity contribution is 5.22. The van der Waals surface area contributed by atoms with Crippen molar-refractivity contribution in [2.24, 2.45) is 5.41 Å². The van der Waals surface area contributed by atoms with Crippen LogP contribution in [0.4, 0.5) is 0 Å². The van der Waals surface area contributed by atoms with Crippen LogP contribution < -0.4 is 10.6 Å². The van der Waals surface area contributed by atoms with Crippen molar-refractivity contribution in [3.63, 3.8) is 0 Å². The predicted octanol–water partition coefficient (Wildman–Crippen LogP) is 2.08. The summed E-state index contributed by atoms with van der Waals surface area (Å²) < 4.78 is 0. The molecule has 0 spiro atoms. The molecule has 0 aromatic rings. The van der Waals surface area contributed by atoms with Crippen molar-refractivity contribution >= 4 is 0 Å². The van der Waals surface area contributed by atoms with Gasteiger partial charge in [-0.1, -0.05) is 18.9 Å². The second-order valence-electron chi connectivity index (χ2n) is 5.30. The second kappa shape index (κ2) is 4.67. The number of rotatable bonds is 5. The van der Waals surface area contributed by atoms with Gasteiger partial charge in [-0.25, -0.2) is 0 Å². The fourth-order valence-electron chi connectivity index (χ4n) is 2.52. The maximum atomic E-state index is 3.64. The average Bonchev–Trinajstić information content (AvgIpc) is 2.06. The maximum Gasteiger partial charge on any atom is 0.0183 e. The Balaban J connectivity index is 1.70. The van der Waals surface area contributed by atoms with Crippen molar-refractivity contribution in [1.29, 1.82) is 0 Å². The molecule has 86 valence electrons. The molecule has 1 heterocycles. The van der Waals surface area contributed by atoms with Crippen molar-refractivity contribution in [3.05, 3.63) is 11.1 Å². The van der Waals surface area contributed by atoms with Gasteiger partial charge in [-0.3, -0.25) is 0 Å². The highest BCUT2D eigenvalue weighted by Crippen LogP contribution is 2.42. The molecule has 1 aliphatic heterocycles. The molecule has 2 rings (SSSR count). The van der Waals surface area contributed by atoms with Crippen molar-refractivity contribution in [2.75, 3.05) is 26.2 Å². The quantitative estimate of drug-likeness (QED) is 0.676. The van der Waals surface area contributed by atoms with Gasteiger partial charge in [0, 0.05) is 26.2 Å². The van der Waals surface area contributed by atoms with Crippen LogP contribution in [0.25, 0.3) is 0 Å². The Morgan fingerprint density at radius 2 is 2.13 bits per heavy atom. The minimum Gasteiger partial charge on any atom is -0.312 e. The van der Waals surface area contributed by atoms with Gasteiger partial charge < -0.3 is 10.6 Å². The zero-order chi connectivity index (χ0) is 10.7. The van der Waals surface area contributed by atoms with Crippen LogP contribution in [0.15, 0.2) is 11.1 Å². The van der Waals surface area contributed by atoms with Crippen LogP contribution in [0.1, 0.15) is 39.5 Å². The number of hydrogen-bond acceptors (Lipinski definition) is 2. The molecule has 2 aliphatic rings. The molecule has 0 radical (unpaired) electrons. The third kappa shape index (κ3) is 2.43. The molecule has 0 atom stereocenters. The highest BCUT2D eigenvalue weighted by atomic mass is 14.9. The monoisotopic (exact) mass is 208 g/mol. The molecule has 0 aromatic heterocycles. The third-order valence-electron chi connectivity index (χ3n) is 4.33. The molecular weight excluding hydrogens is 184 g/mol. The zero-order valence-electron chi connectivity index (χ0n) is 10.2. The second-order valence-corrected chi connectivity index (χ2v) is 5.30. The van der Waals surface area contributed by atoms with Crippen LogP contribution in [-0.2, 0) is 0 Å². The molecule has 0 amide bonds. The van der Waals surface area contributed by atoms with E-state index in [0.717, 1.165) is 19.6 Å². The Kier molecular flexibility index (Phi) is 3.47. The highest BCUT2D eigenvalue weighted by Gasteiger charge is 2.34. The largest absolute Gasteiger partial charge is 0.312 e.